The lowest BCUT2D eigenvalue weighted by atomic mass is 9.84. The van der Waals surface area contributed by atoms with Crippen LogP contribution in [0.5, 0.6) is 0 Å². The predicted molar refractivity (Wildman–Crippen MR) is 51.3 cm³/mol. The molecule has 1 saturated heterocycles. The van der Waals surface area contributed by atoms with Gasteiger partial charge in [-0.25, -0.2) is 9.59 Å². The van der Waals surface area contributed by atoms with E-state index in [-0.39, 0.29) is 12.0 Å². The Morgan fingerprint density at radius 3 is 2.53 bits per heavy atom. The maximum Gasteiger partial charge on any atom is 0.331 e. The topological polar surface area (TPSA) is 72.8 Å². The van der Waals surface area contributed by atoms with E-state index < -0.39 is 11.9 Å². The number of carboxylic acid groups (broad SMARTS) is 1. The summed E-state index contributed by atoms with van der Waals surface area (Å²) in [6.45, 7) is 3.48. The summed E-state index contributed by atoms with van der Waals surface area (Å²) in [7, 11) is 0. The van der Waals surface area contributed by atoms with Crippen LogP contribution >= 0.6 is 0 Å². The van der Waals surface area contributed by atoms with Gasteiger partial charge < -0.3 is 14.6 Å². The molecule has 84 valence electrons. The maximum absolute atomic E-state index is 11.0. The molecule has 1 heterocycles. The Balaban J connectivity index is 2.30. The third-order valence-corrected chi connectivity index (χ3v) is 2.45. The Morgan fingerprint density at radius 2 is 2.13 bits per heavy atom. The van der Waals surface area contributed by atoms with E-state index in [2.05, 4.69) is 0 Å². The van der Waals surface area contributed by atoms with Crippen molar-refractivity contribution in [2.45, 2.75) is 13.3 Å². The van der Waals surface area contributed by atoms with Crippen molar-refractivity contribution in [1.29, 1.82) is 0 Å². The largest absolute Gasteiger partial charge is 0.478 e. The fourth-order valence-corrected chi connectivity index (χ4v) is 1.19. The molecule has 0 bridgehead atoms. The molecule has 0 aromatic carbocycles. The molecule has 5 heteroatoms. The van der Waals surface area contributed by atoms with E-state index in [1.54, 1.807) is 0 Å². The fraction of sp³-hybridized carbons (Fsp3) is 0.600. The van der Waals surface area contributed by atoms with E-state index >= 15 is 0 Å². The van der Waals surface area contributed by atoms with Gasteiger partial charge in [0, 0.05) is 12.2 Å². The van der Waals surface area contributed by atoms with Crippen LogP contribution in [0.25, 0.3) is 0 Å². The Bertz CT molecular complexity index is 272. The van der Waals surface area contributed by atoms with Crippen molar-refractivity contribution in [1.82, 2.24) is 0 Å². The number of hydrogen-bond acceptors (Lipinski definition) is 4. The second-order valence-corrected chi connectivity index (χ2v) is 3.63. The smallest absolute Gasteiger partial charge is 0.331 e. The number of rotatable bonds is 5. The van der Waals surface area contributed by atoms with Crippen molar-refractivity contribution in [2.24, 2.45) is 5.41 Å². The maximum atomic E-state index is 11.0. The number of aliphatic carboxylic acids is 1. The average Bonchev–Trinajstić information content (AvgIpc) is 2.14. The molecule has 0 aromatic rings. The number of hydrogen-bond donors (Lipinski definition) is 1. The molecule has 1 aliphatic rings. The molecule has 0 atom stereocenters. The molecular formula is C10H14O5. The van der Waals surface area contributed by atoms with Gasteiger partial charge in [0.05, 0.1) is 18.6 Å². The van der Waals surface area contributed by atoms with Crippen LogP contribution in [-0.4, -0.2) is 36.9 Å². The van der Waals surface area contributed by atoms with Crippen LogP contribution in [0.4, 0.5) is 0 Å². The van der Waals surface area contributed by atoms with Crippen LogP contribution in [0.3, 0.4) is 0 Å². The van der Waals surface area contributed by atoms with Crippen LogP contribution in [0, 0.1) is 5.41 Å². The number of carbonyl (C=O) groups excluding carboxylic acids is 1. The van der Waals surface area contributed by atoms with Gasteiger partial charge in [-0.3, -0.25) is 0 Å². The van der Waals surface area contributed by atoms with Gasteiger partial charge in [0.2, 0.25) is 0 Å². The lowest BCUT2D eigenvalue weighted by Crippen LogP contribution is -2.46. The third-order valence-electron chi connectivity index (χ3n) is 2.45. The molecule has 5 nitrogen and oxygen atoms in total. The first-order valence-electron chi connectivity index (χ1n) is 4.73. The summed E-state index contributed by atoms with van der Waals surface area (Å²) >= 11 is 0. The lowest BCUT2D eigenvalue weighted by Gasteiger charge is -2.39. The van der Waals surface area contributed by atoms with E-state index in [9.17, 15) is 9.59 Å². The number of ether oxygens (including phenoxy) is 2. The van der Waals surface area contributed by atoms with Crippen LogP contribution in [0.1, 0.15) is 13.3 Å². The summed E-state index contributed by atoms with van der Waals surface area (Å²) in [5.41, 5.74) is -0.0628. The van der Waals surface area contributed by atoms with Gasteiger partial charge in [-0.15, -0.1) is 0 Å². The van der Waals surface area contributed by atoms with Gasteiger partial charge in [-0.2, -0.15) is 0 Å². The highest BCUT2D eigenvalue weighted by Gasteiger charge is 2.37. The Hall–Kier alpha value is -1.36. The van der Waals surface area contributed by atoms with Crippen LogP contribution in [0.2, 0.25) is 0 Å². The molecule has 0 radical (unpaired) electrons. The van der Waals surface area contributed by atoms with Crippen molar-refractivity contribution in [3.63, 3.8) is 0 Å². The molecule has 0 amide bonds. The van der Waals surface area contributed by atoms with E-state index in [0.29, 0.717) is 13.2 Å². The van der Waals surface area contributed by atoms with Crippen molar-refractivity contribution in [2.75, 3.05) is 19.8 Å². The number of esters is 1. The number of carboxylic acids is 1. The minimum Gasteiger partial charge on any atom is -0.478 e. The first-order valence-corrected chi connectivity index (χ1v) is 4.73. The normalized spacial score (nSPS) is 18.5. The zero-order valence-corrected chi connectivity index (χ0v) is 8.56. The van der Waals surface area contributed by atoms with E-state index in [4.69, 9.17) is 14.6 Å². The predicted octanol–water partition coefficient (Wildman–Crippen LogP) is 0.597. The van der Waals surface area contributed by atoms with Crippen molar-refractivity contribution in [3.05, 3.63) is 12.2 Å². The van der Waals surface area contributed by atoms with Gasteiger partial charge in [0.15, 0.2) is 0 Å². The SMILES string of the molecule is CCC1(COC(=O)C=CC(=O)O)COC1. The first-order chi connectivity index (χ1) is 7.08. The van der Waals surface area contributed by atoms with E-state index in [1.165, 1.54) is 0 Å². The summed E-state index contributed by atoms with van der Waals surface area (Å²) in [6, 6.07) is 0. The van der Waals surface area contributed by atoms with Gasteiger partial charge in [-0.1, -0.05) is 6.92 Å². The molecule has 1 N–H and O–H groups in total. The lowest BCUT2D eigenvalue weighted by molar-refractivity contribution is -0.166. The van der Waals surface area contributed by atoms with Crippen LogP contribution in [0.15, 0.2) is 12.2 Å². The van der Waals surface area contributed by atoms with Gasteiger partial charge in [-0.05, 0) is 6.42 Å². The highest BCUT2D eigenvalue weighted by molar-refractivity contribution is 5.90. The second-order valence-electron chi connectivity index (χ2n) is 3.63. The molecule has 0 saturated carbocycles. The molecule has 0 spiro atoms. The van der Waals surface area contributed by atoms with Gasteiger partial charge in [0.25, 0.3) is 0 Å². The summed E-state index contributed by atoms with van der Waals surface area (Å²) in [6.07, 6.45) is 2.55. The van der Waals surface area contributed by atoms with Crippen molar-refractivity contribution < 1.29 is 24.2 Å². The third kappa shape index (κ3) is 3.36. The molecule has 0 unspecified atom stereocenters. The number of carbonyl (C=O) groups is 2. The van der Waals surface area contributed by atoms with Crippen molar-refractivity contribution >= 4 is 11.9 Å². The zero-order chi connectivity index (χ0) is 11.3. The zero-order valence-electron chi connectivity index (χ0n) is 8.56. The second kappa shape index (κ2) is 4.93. The molecule has 15 heavy (non-hydrogen) atoms. The standard InChI is InChI=1S/C10H14O5/c1-2-10(5-14-6-10)7-15-9(13)4-3-8(11)12/h3-4H,2,5-7H2,1H3,(H,11,12). The highest BCUT2D eigenvalue weighted by atomic mass is 16.5. The van der Waals surface area contributed by atoms with E-state index in [1.807, 2.05) is 6.92 Å². The summed E-state index contributed by atoms with van der Waals surface area (Å²) in [5, 5.41) is 8.28. The molecule has 0 aromatic heterocycles. The summed E-state index contributed by atoms with van der Waals surface area (Å²) in [5.74, 6) is -1.79. The molecule has 0 aliphatic carbocycles. The monoisotopic (exact) mass is 214 g/mol. The molecular weight excluding hydrogens is 200 g/mol. The highest BCUT2D eigenvalue weighted by Crippen LogP contribution is 2.31. The average molecular weight is 214 g/mol. The summed E-state index contributed by atoms with van der Waals surface area (Å²) < 4.78 is 9.98. The van der Waals surface area contributed by atoms with Crippen LogP contribution in [-0.2, 0) is 19.1 Å². The van der Waals surface area contributed by atoms with E-state index in [0.717, 1.165) is 18.6 Å². The Kier molecular flexibility index (Phi) is 3.85. The molecule has 1 fully saturated rings. The van der Waals surface area contributed by atoms with Gasteiger partial charge in [0.1, 0.15) is 6.61 Å². The quantitative estimate of drug-likeness (QED) is 0.535. The molecule has 1 aliphatic heterocycles. The van der Waals surface area contributed by atoms with Gasteiger partial charge >= 0.3 is 11.9 Å². The Morgan fingerprint density at radius 1 is 1.47 bits per heavy atom. The minimum atomic E-state index is -1.16. The Labute approximate surface area is 87.7 Å². The first kappa shape index (κ1) is 11.7. The fourth-order valence-electron chi connectivity index (χ4n) is 1.19. The van der Waals surface area contributed by atoms with Crippen molar-refractivity contribution in [3.8, 4) is 0 Å². The molecule has 1 rings (SSSR count). The van der Waals surface area contributed by atoms with Crippen LogP contribution < -0.4 is 0 Å². The summed E-state index contributed by atoms with van der Waals surface area (Å²) in [4.78, 5) is 21.2. The minimum absolute atomic E-state index is 0.0628.